The summed E-state index contributed by atoms with van der Waals surface area (Å²) < 4.78 is 2.06. The normalized spacial score (nSPS) is 11.2. The van der Waals surface area contributed by atoms with E-state index in [9.17, 15) is 4.79 Å². The molecule has 3 aromatic heterocycles. The van der Waals surface area contributed by atoms with Crippen molar-refractivity contribution in [1.29, 1.82) is 0 Å². The van der Waals surface area contributed by atoms with Gasteiger partial charge in [-0.25, -0.2) is 15.0 Å². The fourth-order valence-electron chi connectivity index (χ4n) is 3.60. The van der Waals surface area contributed by atoms with Crippen LogP contribution in [0.1, 0.15) is 18.1 Å². The Morgan fingerprint density at radius 2 is 1.87 bits per heavy atom. The van der Waals surface area contributed by atoms with Gasteiger partial charge in [0.25, 0.3) is 0 Å². The first kappa shape index (κ1) is 20.7. The molecule has 0 bridgehead atoms. The number of pyridine rings is 1. The number of nitrogens with zero attached hydrogens (tertiary/aromatic N) is 5. The molecular formula is C24H26N6O. The van der Waals surface area contributed by atoms with Crippen molar-refractivity contribution >= 4 is 17.9 Å². The second kappa shape index (κ2) is 9.06. The Hall–Kier alpha value is -3.58. The lowest BCUT2D eigenvalue weighted by Crippen LogP contribution is -2.10. The summed E-state index contributed by atoms with van der Waals surface area (Å²) in [6.45, 7) is 3.15. The number of fused-ring (bicyclic) bond motifs is 1. The van der Waals surface area contributed by atoms with Crippen molar-refractivity contribution in [3.8, 4) is 22.6 Å². The molecule has 0 unspecified atom stereocenters. The van der Waals surface area contributed by atoms with Crippen molar-refractivity contribution in [3.05, 3.63) is 66.0 Å². The number of hydrogen-bond donors (Lipinski definition) is 1. The van der Waals surface area contributed by atoms with Crippen LogP contribution in [0.2, 0.25) is 0 Å². The fourth-order valence-corrected chi connectivity index (χ4v) is 3.60. The second-order valence-electron chi connectivity index (χ2n) is 7.67. The maximum Gasteiger partial charge on any atom is 0.223 e. The zero-order valence-electron chi connectivity index (χ0n) is 18.0. The van der Waals surface area contributed by atoms with Crippen LogP contribution in [-0.2, 0) is 17.8 Å². The first-order valence-corrected chi connectivity index (χ1v) is 10.3. The van der Waals surface area contributed by atoms with Gasteiger partial charge in [-0.2, -0.15) is 0 Å². The van der Waals surface area contributed by atoms with E-state index in [-0.39, 0.29) is 6.54 Å². The number of aldehydes is 1. The third kappa shape index (κ3) is 4.46. The number of nitrogens with one attached hydrogen (secondary N) is 1. The molecule has 31 heavy (non-hydrogen) atoms. The molecule has 0 amide bonds. The fraction of sp³-hybridized carbons (Fsp3) is 0.250. The van der Waals surface area contributed by atoms with E-state index < -0.39 is 0 Å². The molecule has 0 radical (unpaired) electrons. The van der Waals surface area contributed by atoms with Crippen molar-refractivity contribution in [3.63, 3.8) is 0 Å². The Morgan fingerprint density at radius 1 is 1.06 bits per heavy atom. The number of anilines is 1. The van der Waals surface area contributed by atoms with Gasteiger partial charge >= 0.3 is 0 Å². The number of imidazole rings is 1. The van der Waals surface area contributed by atoms with Gasteiger partial charge in [-0.3, -0.25) is 4.40 Å². The maximum atomic E-state index is 10.7. The Labute approximate surface area is 181 Å². The maximum absolute atomic E-state index is 10.7. The van der Waals surface area contributed by atoms with Crippen LogP contribution in [0, 0.1) is 0 Å². The second-order valence-corrected chi connectivity index (χ2v) is 7.67. The van der Waals surface area contributed by atoms with Crippen LogP contribution in [0.15, 0.2) is 54.9 Å². The van der Waals surface area contributed by atoms with E-state index in [4.69, 9.17) is 4.98 Å². The van der Waals surface area contributed by atoms with E-state index in [2.05, 4.69) is 82.0 Å². The molecule has 1 N–H and O–H groups in total. The summed E-state index contributed by atoms with van der Waals surface area (Å²) >= 11 is 0. The van der Waals surface area contributed by atoms with Gasteiger partial charge in [-0.1, -0.05) is 31.2 Å². The number of rotatable bonds is 8. The Balaban J connectivity index is 1.89. The minimum Gasteiger partial charge on any atom is -0.347 e. The van der Waals surface area contributed by atoms with E-state index >= 15 is 0 Å². The van der Waals surface area contributed by atoms with E-state index in [0.29, 0.717) is 5.95 Å². The Morgan fingerprint density at radius 3 is 2.58 bits per heavy atom. The summed E-state index contributed by atoms with van der Waals surface area (Å²) in [5.41, 5.74) is 6.88. The first-order chi connectivity index (χ1) is 15.1. The molecule has 0 fully saturated rings. The molecule has 4 aromatic rings. The molecule has 0 aliphatic carbocycles. The topological polar surface area (TPSA) is 75.4 Å². The lowest BCUT2D eigenvalue weighted by atomic mass is 10.1. The number of aryl methyl sites for hydroxylation is 1. The van der Waals surface area contributed by atoms with Crippen LogP contribution in [0.3, 0.4) is 0 Å². The number of benzene rings is 1. The van der Waals surface area contributed by atoms with Crippen LogP contribution in [0.4, 0.5) is 5.95 Å². The van der Waals surface area contributed by atoms with Crippen molar-refractivity contribution in [2.45, 2.75) is 19.9 Å². The van der Waals surface area contributed by atoms with Crippen LogP contribution < -0.4 is 5.32 Å². The number of hydrogen-bond acceptors (Lipinski definition) is 6. The van der Waals surface area contributed by atoms with E-state index in [0.717, 1.165) is 47.5 Å². The molecule has 158 valence electrons. The van der Waals surface area contributed by atoms with Crippen LogP contribution in [0.5, 0.6) is 0 Å². The highest BCUT2D eigenvalue weighted by Gasteiger charge is 2.18. The van der Waals surface area contributed by atoms with Crippen LogP contribution in [-0.4, -0.2) is 51.2 Å². The van der Waals surface area contributed by atoms with Crippen molar-refractivity contribution < 1.29 is 4.79 Å². The molecule has 0 spiro atoms. The third-order valence-electron chi connectivity index (χ3n) is 5.07. The van der Waals surface area contributed by atoms with Gasteiger partial charge in [0.05, 0.1) is 23.6 Å². The molecule has 7 heteroatoms. The molecule has 1 aromatic carbocycles. The minimum atomic E-state index is 0.163. The van der Waals surface area contributed by atoms with E-state index in [1.165, 1.54) is 11.1 Å². The highest BCUT2D eigenvalue weighted by atomic mass is 16.1. The van der Waals surface area contributed by atoms with Crippen molar-refractivity contribution in [2.75, 3.05) is 26.0 Å². The summed E-state index contributed by atoms with van der Waals surface area (Å²) in [5.74, 6) is 0.413. The van der Waals surface area contributed by atoms with E-state index in [1.807, 2.05) is 12.3 Å². The van der Waals surface area contributed by atoms with Gasteiger partial charge in [-0.15, -0.1) is 0 Å². The van der Waals surface area contributed by atoms with Gasteiger partial charge in [0.1, 0.15) is 11.9 Å². The standard InChI is InChI=1S/C24H26N6O/c1-4-17-5-7-19(8-6-17)22-23(20-9-11-25-24(27-20)26-12-14-31)30-13-10-18(16-29(2)3)15-21(30)28-22/h5-11,13-15H,4,12,16H2,1-3H3,(H,25,26,27). The summed E-state index contributed by atoms with van der Waals surface area (Å²) in [6.07, 6.45) is 5.52. The predicted octanol–water partition coefficient (Wildman–Crippen LogP) is 3.69. The summed E-state index contributed by atoms with van der Waals surface area (Å²) in [7, 11) is 4.10. The quantitative estimate of drug-likeness (QED) is 0.443. The minimum absolute atomic E-state index is 0.163. The van der Waals surface area contributed by atoms with Crippen LogP contribution in [0.25, 0.3) is 28.3 Å². The molecular weight excluding hydrogens is 388 g/mol. The zero-order chi connectivity index (χ0) is 21.8. The van der Waals surface area contributed by atoms with Gasteiger partial charge in [-0.05, 0) is 49.8 Å². The molecule has 0 atom stereocenters. The largest absolute Gasteiger partial charge is 0.347 e. The monoisotopic (exact) mass is 414 g/mol. The van der Waals surface area contributed by atoms with Gasteiger partial charge < -0.3 is 15.0 Å². The SMILES string of the molecule is CCc1ccc(-c2nc3cc(CN(C)C)ccn3c2-c2ccnc(NCC=O)n2)cc1. The zero-order valence-corrected chi connectivity index (χ0v) is 18.0. The van der Waals surface area contributed by atoms with Gasteiger partial charge in [0, 0.05) is 24.5 Å². The third-order valence-corrected chi connectivity index (χ3v) is 5.07. The summed E-state index contributed by atoms with van der Waals surface area (Å²) in [5, 5.41) is 2.92. The molecule has 7 nitrogen and oxygen atoms in total. The highest BCUT2D eigenvalue weighted by Crippen LogP contribution is 2.32. The molecule has 0 saturated carbocycles. The van der Waals surface area contributed by atoms with Crippen molar-refractivity contribution in [2.24, 2.45) is 0 Å². The molecule has 0 saturated heterocycles. The number of carbonyl (C=O) groups is 1. The highest BCUT2D eigenvalue weighted by molar-refractivity contribution is 5.81. The average molecular weight is 415 g/mol. The van der Waals surface area contributed by atoms with Gasteiger partial charge in [0.2, 0.25) is 5.95 Å². The summed E-state index contributed by atoms with van der Waals surface area (Å²) in [6, 6.07) is 14.6. The lowest BCUT2D eigenvalue weighted by Gasteiger charge is -2.10. The summed E-state index contributed by atoms with van der Waals surface area (Å²) in [4.78, 5) is 26.7. The Kier molecular flexibility index (Phi) is 6.04. The van der Waals surface area contributed by atoms with Crippen LogP contribution >= 0.6 is 0 Å². The molecule has 0 aliphatic heterocycles. The predicted molar refractivity (Wildman–Crippen MR) is 123 cm³/mol. The first-order valence-electron chi connectivity index (χ1n) is 10.3. The average Bonchev–Trinajstić information content (AvgIpc) is 3.16. The molecule has 3 heterocycles. The van der Waals surface area contributed by atoms with Gasteiger partial charge in [0.15, 0.2) is 0 Å². The number of carbonyl (C=O) groups excluding carboxylic acids is 1. The lowest BCUT2D eigenvalue weighted by molar-refractivity contribution is -0.106. The molecule has 4 rings (SSSR count). The van der Waals surface area contributed by atoms with E-state index in [1.54, 1.807) is 6.20 Å². The Bertz CT molecular complexity index is 1200. The molecule has 0 aliphatic rings. The number of aromatic nitrogens is 4. The van der Waals surface area contributed by atoms with Crippen molar-refractivity contribution in [1.82, 2.24) is 24.3 Å². The smallest absolute Gasteiger partial charge is 0.223 e.